The van der Waals surface area contributed by atoms with Gasteiger partial charge in [-0.1, -0.05) is 18.2 Å². The zero-order valence-electron chi connectivity index (χ0n) is 13.4. The monoisotopic (exact) mass is 346 g/mol. The molecule has 126 valence electrons. The number of fused-ring (bicyclic) bond motifs is 1. The van der Waals surface area contributed by atoms with E-state index in [0.29, 0.717) is 35.8 Å². The second-order valence-corrected chi connectivity index (χ2v) is 7.22. The Morgan fingerprint density at radius 3 is 2.67 bits per heavy atom. The third kappa shape index (κ3) is 3.07. The molecular formula is C17H18N2O4S. The van der Waals surface area contributed by atoms with Crippen LogP contribution in [0, 0.1) is 6.92 Å². The number of sulfonamides is 1. The van der Waals surface area contributed by atoms with E-state index < -0.39 is 10.0 Å². The van der Waals surface area contributed by atoms with Gasteiger partial charge in [-0.2, -0.15) is 0 Å². The van der Waals surface area contributed by atoms with Crippen LogP contribution in [-0.2, 0) is 14.8 Å². The summed E-state index contributed by atoms with van der Waals surface area (Å²) < 4.78 is 33.2. The molecule has 1 aliphatic rings. The third-order valence-corrected chi connectivity index (χ3v) is 5.38. The maximum Gasteiger partial charge on any atom is 0.262 e. The number of carbonyl (C=O) groups excluding carboxylic acids is 1. The molecule has 0 radical (unpaired) electrons. The molecule has 0 saturated heterocycles. The molecule has 0 aromatic heterocycles. The molecule has 7 heteroatoms. The minimum absolute atomic E-state index is 0.0761. The molecule has 2 aromatic carbocycles. The number of hydrogen-bond donors (Lipinski definition) is 1. The van der Waals surface area contributed by atoms with Gasteiger partial charge in [0.05, 0.1) is 22.8 Å². The first-order valence-electron chi connectivity index (χ1n) is 7.52. The van der Waals surface area contributed by atoms with Gasteiger partial charge in [0, 0.05) is 13.0 Å². The summed E-state index contributed by atoms with van der Waals surface area (Å²) in [6.45, 7) is 4.09. The van der Waals surface area contributed by atoms with Crippen LogP contribution in [0.25, 0.3) is 0 Å². The summed E-state index contributed by atoms with van der Waals surface area (Å²) in [5.74, 6) is 0.411. The molecule has 0 saturated carbocycles. The summed E-state index contributed by atoms with van der Waals surface area (Å²) >= 11 is 0. The summed E-state index contributed by atoms with van der Waals surface area (Å²) in [6.07, 6.45) is 0. The van der Waals surface area contributed by atoms with Crippen molar-refractivity contribution in [1.82, 2.24) is 0 Å². The molecule has 24 heavy (non-hydrogen) atoms. The first kappa shape index (κ1) is 16.3. The lowest BCUT2D eigenvalue weighted by atomic mass is 10.2. The molecular weight excluding hydrogens is 328 g/mol. The molecule has 3 rings (SSSR count). The van der Waals surface area contributed by atoms with Gasteiger partial charge >= 0.3 is 0 Å². The van der Waals surface area contributed by atoms with Gasteiger partial charge in [-0.15, -0.1) is 0 Å². The van der Waals surface area contributed by atoms with Crippen LogP contribution in [-0.4, -0.2) is 27.5 Å². The molecule has 1 amide bonds. The van der Waals surface area contributed by atoms with E-state index in [1.807, 2.05) is 0 Å². The Labute approximate surface area is 141 Å². The van der Waals surface area contributed by atoms with Gasteiger partial charge in [-0.25, -0.2) is 8.42 Å². The molecule has 1 aliphatic heterocycles. The maximum absolute atomic E-state index is 12.5. The standard InChI is InChI=1S/C17H18N2O4S/c1-12-5-3-4-6-17(12)24(21,22)18-14-7-8-15-16(11-14)23-10-9-19(15)13(2)20/h3-8,11,18H,9-10H2,1-2H3. The van der Waals surface area contributed by atoms with E-state index in [0.717, 1.165) is 0 Å². The second-order valence-electron chi connectivity index (χ2n) is 5.57. The molecule has 0 bridgehead atoms. The van der Waals surface area contributed by atoms with Crippen LogP contribution >= 0.6 is 0 Å². The van der Waals surface area contributed by atoms with Gasteiger partial charge in [0.15, 0.2) is 0 Å². The fraction of sp³-hybridized carbons (Fsp3) is 0.235. The Morgan fingerprint density at radius 1 is 1.21 bits per heavy atom. The first-order chi connectivity index (χ1) is 11.4. The van der Waals surface area contributed by atoms with Crippen LogP contribution in [0.3, 0.4) is 0 Å². The Morgan fingerprint density at radius 2 is 1.96 bits per heavy atom. The summed E-state index contributed by atoms with van der Waals surface area (Å²) in [4.78, 5) is 13.5. The van der Waals surface area contributed by atoms with Gasteiger partial charge in [0.25, 0.3) is 10.0 Å². The molecule has 0 fully saturated rings. The highest BCUT2D eigenvalue weighted by atomic mass is 32.2. The van der Waals surface area contributed by atoms with Crippen LogP contribution in [0.5, 0.6) is 5.75 Å². The number of carbonyl (C=O) groups is 1. The SMILES string of the molecule is CC(=O)N1CCOc2cc(NS(=O)(=O)c3ccccc3C)ccc21. The van der Waals surface area contributed by atoms with E-state index in [2.05, 4.69) is 4.72 Å². The Balaban J connectivity index is 1.92. The highest BCUT2D eigenvalue weighted by molar-refractivity contribution is 7.92. The molecule has 0 unspecified atom stereocenters. The lowest BCUT2D eigenvalue weighted by Gasteiger charge is -2.29. The number of nitrogens with zero attached hydrogens (tertiary/aromatic N) is 1. The summed E-state index contributed by atoms with van der Waals surface area (Å²) in [5.41, 5.74) is 1.71. The van der Waals surface area contributed by atoms with Crippen molar-refractivity contribution < 1.29 is 17.9 Å². The van der Waals surface area contributed by atoms with E-state index in [9.17, 15) is 13.2 Å². The van der Waals surface area contributed by atoms with Crippen LogP contribution in [0.4, 0.5) is 11.4 Å². The zero-order chi connectivity index (χ0) is 17.3. The number of hydrogen-bond acceptors (Lipinski definition) is 4. The van der Waals surface area contributed by atoms with Crippen molar-refractivity contribution in [2.75, 3.05) is 22.8 Å². The van der Waals surface area contributed by atoms with Crippen molar-refractivity contribution in [1.29, 1.82) is 0 Å². The van der Waals surface area contributed by atoms with Gasteiger partial charge < -0.3 is 9.64 Å². The number of anilines is 2. The summed E-state index contributed by atoms with van der Waals surface area (Å²) in [5, 5.41) is 0. The Bertz CT molecular complexity index is 893. The quantitative estimate of drug-likeness (QED) is 0.927. The number of ether oxygens (including phenoxy) is 1. The van der Waals surface area contributed by atoms with Crippen molar-refractivity contribution >= 4 is 27.3 Å². The third-order valence-electron chi connectivity index (χ3n) is 3.84. The van der Waals surface area contributed by atoms with Gasteiger partial charge in [-0.3, -0.25) is 9.52 Å². The van der Waals surface area contributed by atoms with Crippen LogP contribution in [0.1, 0.15) is 12.5 Å². The van der Waals surface area contributed by atoms with E-state index in [-0.39, 0.29) is 10.8 Å². The zero-order valence-corrected chi connectivity index (χ0v) is 14.3. The average Bonchev–Trinajstić information content (AvgIpc) is 2.53. The van der Waals surface area contributed by atoms with Gasteiger partial charge in [0.1, 0.15) is 12.4 Å². The number of aryl methyl sites for hydroxylation is 1. The summed E-state index contributed by atoms with van der Waals surface area (Å²) in [6, 6.07) is 11.7. The Hall–Kier alpha value is -2.54. The normalized spacial score (nSPS) is 13.8. The number of benzene rings is 2. The van der Waals surface area contributed by atoms with Crippen molar-refractivity contribution in [2.45, 2.75) is 18.7 Å². The van der Waals surface area contributed by atoms with Crippen LogP contribution in [0.2, 0.25) is 0 Å². The predicted octanol–water partition coefficient (Wildman–Crippen LogP) is 2.54. The van der Waals surface area contributed by atoms with Crippen molar-refractivity contribution in [3.05, 3.63) is 48.0 Å². The average molecular weight is 346 g/mol. The lowest BCUT2D eigenvalue weighted by molar-refractivity contribution is -0.116. The van der Waals surface area contributed by atoms with Gasteiger partial charge in [-0.05, 0) is 30.7 Å². The molecule has 1 heterocycles. The van der Waals surface area contributed by atoms with Gasteiger partial charge in [0.2, 0.25) is 5.91 Å². The molecule has 1 N–H and O–H groups in total. The number of amides is 1. The highest BCUT2D eigenvalue weighted by Crippen LogP contribution is 2.34. The predicted molar refractivity (Wildman–Crippen MR) is 92.0 cm³/mol. The second kappa shape index (κ2) is 6.16. The molecule has 6 nitrogen and oxygen atoms in total. The molecule has 0 aliphatic carbocycles. The highest BCUT2D eigenvalue weighted by Gasteiger charge is 2.23. The van der Waals surface area contributed by atoms with Crippen molar-refractivity contribution in [3.63, 3.8) is 0 Å². The number of nitrogens with one attached hydrogen (secondary N) is 1. The van der Waals surface area contributed by atoms with E-state index in [1.54, 1.807) is 54.3 Å². The van der Waals surface area contributed by atoms with E-state index in [4.69, 9.17) is 4.74 Å². The van der Waals surface area contributed by atoms with E-state index in [1.165, 1.54) is 6.92 Å². The smallest absolute Gasteiger partial charge is 0.262 e. The topological polar surface area (TPSA) is 75.7 Å². The lowest BCUT2D eigenvalue weighted by Crippen LogP contribution is -2.36. The molecule has 0 spiro atoms. The van der Waals surface area contributed by atoms with Crippen LogP contribution < -0.4 is 14.4 Å². The molecule has 2 aromatic rings. The minimum atomic E-state index is -3.69. The largest absolute Gasteiger partial charge is 0.489 e. The summed E-state index contributed by atoms with van der Waals surface area (Å²) in [7, 11) is -3.69. The van der Waals surface area contributed by atoms with Crippen molar-refractivity contribution in [3.8, 4) is 5.75 Å². The van der Waals surface area contributed by atoms with Crippen LogP contribution in [0.15, 0.2) is 47.4 Å². The fourth-order valence-corrected chi connectivity index (χ4v) is 3.98. The maximum atomic E-state index is 12.5. The Kier molecular flexibility index (Phi) is 4.19. The minimum Gasteiger partial charge on any atom is -0.489 e. The fourth-order valence-electron chi connectivity index (χ4n) is 2.68. The van der Waals surface area contributed by atoms with Crippen molar-refractivity contribution in [2.24, 2.45) is 0 Å². The first-order valence-corrected chi connectivity index (χ1v) is 9.00. The molecule has 0 atom stereocenters. The van der Waals surface area contributed by atoms with E-state index >= 15 is 0 Å². The number of rotatable bonds is 3.